The number of rotatable bonds is 4. The third kappa shape index (κ3) is 4.07. The van der Waals surface area contributed by atoms with E-state index in [0.29, 0.717) is 28.6 Å². The Morgan fingerprint density at radius 2 is 1.07 bits per heavy atom. The van der Waals surface area contributed by atoms with Crippen molar-refractivity contribution in [1.29, 1.82) is 0 Å². The van der Waals surface area contributed by atoms with Crippen LogP contribution in [-0.4, -0.2) is 30.4 Å². The first-order chi connectivity index (χ1) is 21.5. The molecule has 6 heteroatoms. The summed E-state index contributed by atoms with van der Waals surface area (Å²) in [5.41, 5.74) is 7.22. The van der Waals surface area contributed by atoms with Crippen molar-refractivity contribution in [3.63, 3.8) is 0 Å². The molecule has 0 bridgehead atoms. The van der Waals surface area contributed by atoms with Gasteiger partial charge in [-0.2, -0.15) is 0 Å². The van der Waals surface area contributed by atoms with Gasteiger partial charge >= 0.3 is 0 Å². The van der Waals surface area contributed by atoms with Gasteiger partial charge in [0.25, 0.3) is 5.91 Å². The Kier molecular flexibility index (Phi) is 5.84. The van der Waals surface area contributed by atoms with Crippen molar-refractivity contribution >= 4 is 16.9 Å². The maximum Gasteiger partial charge on any atom is 0.264 e. The highest BCUT2D eigenvalue weighted by atomic mass is 16.2. The molecule has 1 aliphatic rings. The first-order valence-corrected chi connectivity index (χ1v) is 14.6. The molecule has 8 rings (SSSR count). The fraction of sp³-hybridized carbons (Fsp3) is 0.0789. The molecule has 5 aromatic carbocycles. The van der Waals surface area contributed by atoms with Crippen LogP contribution in [0.4, 0.5) is 0 Å². The summed E-state index contributed by atoms with van der Waals surface area (Å²) in [6.45, 7) is 4.23. The Bertz CT molecular complexity index is 2200. The zero-order valence-electron chi connectivity index (χ0n) is 24.3. The summed E-state index contributed by atoms with van der Waals surface area (Å²) in [4.78, 5) is 34.2. The molecular weight excluding hydrogens is 542 g/mol. The van der Waals surface area contributed by atoms with E-state index in [-0.39, 0.29) is 5.91 Å². The summed E-state index contributed by atoms with van der Waals surface area (Å²) >= 11 is 0. The molecule has 0 atom stereocenters. The van der Waals surface area contributed by atoms with Crippen molar-refractivity contribution in [3.8, 4) is 45.3 Å². The zero-order chi connectivity index (χ0) is 29.8. The number of carbonyl (C=O) groups is 1. The van der Waals surface area contributed by atoms with E-state index >= 15 is 0 Å². The van der Waals surface area contributed by atoms with Gasteiger partial charge in [0.2, 0.25) is 0 Å². The van der Waals surface area contributed by atoms with Crippen molar-refractivity contribution in [2.24, 2.45) is 0 Å². The second kappa shape index (κ2) is 9.92. The molecular formula is C38H27N5O. The van der Waals surface area contributed by atoms with Gasteiger partial charge in [-0.25, -0.2) is 19.9 Å². The van der Waals surface area contributed by atoms with Gasteiger partial charge in [0.1, 0.15) is 5.82 Å². The lowest BCUT2D eigenvalue weighted by molar-refractivity contribution is 0.0948. The normalized spacial score (nSPS) is 13.5. The largest absolute Gasteiger partial charge is 0.268 e. The summed E-state index contributed by atoms with van der Waals surface area (Å²) in [5.74, 6) is 2.14. The first-order valence-electron chi connectivity index (χ1n) is 14.6. The number of benzene rings is 5. The van der Waals surface area contributed by atoms with E-state index in [9.17, 15) is 4.79 Å². The molecule has 1 aliphatic heterocycles. The van der Waals surface area contributed by atoms with Gasteiger partial charge < -0.3 is 0 Å². The number of para-hydroxylation sites is 2. The second-order valence-electron chi connectivity index (χ2n) is 11.5. The Balaban J connectivity index is 1.32. The minimum Gasteiger partial charge on any atom is -0.268 e. The predicted octanol–water partition coefficient (Wildman–Crippen LogP) is 8.22. The molecule has 0 N–H and O–H groups in total. The minimum atomic E-state index is -0.524. The topological polar surface area (TPSA) is 73.6 Å². The molecule has 0 saturated heterocycles. The van der Waals surface area contributed by atoms with Crippen LogP contribution >= 0.6 is 0 Å². The van der Waals surface area contributed by atoms with Crippen LogP contribution < -0.4 is 0 Å². The first kappa shape index (κ1) is 25.9. The summed E-state index contributed by atoms with van der Waals surface area (Å²) < 4.78 is 1.75. The molecule has 0 fully saturated rings. The molecule has 0 amide bonds. The molecule has 0 radical (unpaired) electrons. The molecule has 2 aromatic heterocycles. The number of imidazole rings is 1. The Morgan fingerprint density at radius 3 is 1.77 bits per heavy atom. The average molecular weight is 570 g/mol. The van der Waals surface area contributed by atoms with Gasteiger partial charge in [-0.3, -0.25) is 9.36 Å². The van der Waals surface area contributed by atoms with E-state index in [0.717, 1.165) is 44.7 Å². The Hall–Kier alpha value is -5.75. The number of hydrogen-bond donors (Lipinski definition) is 0. The van der Waals surface area contributed by atoms with E-state index in [1.165, 1.54) is 0 Å². The average Bonchev–Trinajstić information content (AvgIpc) is 3.49. The smallest absolute Gasteiger partial charge is 0.264 e. The second-order valence-corrected chi connectivity index (χ2v) is 11.5. The fourth-order valence-electron chi connectivity index (χ4n) is 6.16. The molecule has 0 unspecified atom stereocenters. The molecule has 7 aromatic rings. The third-order valence-corrected chi connectivity index (χ3v) is 8.43. The summed E-state index contributed by atoms with van der Waals surface area (Å²) in [5, 5.41) is 0. The van der Waals surface area contributed by atoms with E-state index in [1.807, 2.05) is 103 Å². The molecule has 3 heterocycles. The highest BCUT2D eigenvalue weighted by Crippen LogP contribution is 2.42. The van der Waals surface area contributed by atoms with Crippen LogP contribution in [0.3, 0.4) is 0 Å². The lowest BCUT2D eigenvalue weighted by atomic mass is 9.77. The van der Waals surface area contributed by atoms with Crippen molar-refractivity contribution in [1.82, 2.24) is 24.5 Å². The van der Waals surface area contributed by atoms with Crippen LogP contribution in [0.5, 0.6) is 0 Å². The molecule has 0 spiro atoms. The van der Waals surface area contributed by atoms with E-state index in [1.54, 1.807) is 4.57 Å². The quantitative estimate of drug-likeness (QED) is 0.214. The molecule has 6 nitrogen and oxygen atoms in total. The highest BCUT2D eigenvalue weighted by molar-refractivity contribution is 6.09. The number of fused-ring (bicyclic) bond motifs is 4. The Morgan fingerprint density at radius 1 is 0.523 bits per heavy atom. The third-order valence-electron chi connectivity index (χ3n) is 8.43. The number of hydrogen-bond acceptors (Lipinski definition) is 5. The number of aromatic nitrogens is 5. The maximum absolute atomic E-state index is 14.4. The lowest BCUT2D eigenvalue weighted by Crippen LogP contribution is -2.35. The van der Waals surface area contributed by atoms with Crippen LogP contribution in [0.25, 0.3) is 56.3 Å². The van der Waals surface area contributed by atoms with Crippen molar-refractivity contribution in [3.05, 3.63) is 144 Å². The molecule has 0 aliphatic carbocycles. The van der Waals surface area contributed by atoms with Gasteiger partial charge in [-0.15, -0.1) is 0 Å². The van der Waals surface area contributed by atoms with Gasteiger partial charge in [0, 0.05) is 22.1 Å². The summed E-state index contributed by atoms with van der Waals surface area (Å²) in [6, 6.07) is 42.1. The molecule has 210 valence electrons. The Labute approximate surface area is 254 Å². The van der Waals surface area contributed by atoms with Crippen LogP contribution in [0.15, 0.2) is 127 Å². The molecule has 44 heavy (non-hydrogen) atoms. The van der Waals surface area contributed by atoms with E-state index in [2.05, 4.69) is 38.1 Å². The van der Waals surface area contributed by atoms with Crippen molar-refractivity contribution < 1.29 is 4.79 Å². The fourth-order valence-corrected chi connectivity index (χ4v) is 6.16. The van der Waals surface area contributed by atoms with Crippen LogP contribution in [-0.2, 0) is 5.41 Å². The predicted molar refractivity (Wildman–Crippen MR) is 173 cm³/mol. The van der Waals surface area contributed by atoms with Crippen molar-refractivity contribution in [2.45, 2.75) is 19.3 Å². The van der Waals surface area contributed by atoms with Gasteiger partial charge in [0.05, 0.1) is 16.6 Å². The van der Waals surface area contributed by atoms with Gasteiger partial charge in [-0.05, 0) is 42.7 Å². The number of nitrogens with zero attached hydrogens (tertiary/aromatic N) is 5. The maximum atomic E-state index is 14.4. The highest BCUT2D eigenvalue weighted by Gasteiger charge is 2.41. The van der Waals surface area contributed by atoms with Gasteiger partial charge in [-0.1, -0.05) is 115 Å². The molecule has 0 saturated carbocycles. The van der Waals surface area contributed by atoms with Crippen LogP contribution in [0.2, 0.25) is 0 Å². The summed E-state index contributed by atoms with van der Waals surface area (Å²) in [6.07, 6.45) is 0. The van der Waals surface area contributed by atoms with E-state index < -0.39 is 5.41 Å². The lowest BCUT2D eigenvalue weighted by Gasteiger charge is -2.33. The summed E-state index contributed by atoms with van der Waals surface area (Å²) in [7, 11) is 0. The van der Waals surface area contributed by atoms with E-state index in [4.69, 9.17) is 19.9 Å². The standard InChI is InChI=1S/C38H27N5O/c1-38(2)29-17-11-16-28(32(29)36(44)43-31-19-10-9-18-30(31)39-37(38)43)35-41-33(26-14-7-4-8-15-26)40-34(42-35)27-22-20-25(21-23-27)24-12-5-3-6-13-24/h3-23H,1-2H3. The minimum absolute atomic E-state index is 0.130. The monoisotopic (exact) mass is 569 g/mol. The van der Waals surface area contributed by atoms with Gasteiger partial charge in [0.15, 0.2) is 17.5 Å². The zero-order valence-corrected chi connectivity index (χ0v) is 24.3. The number of carbonyl (C=O) groups excluding carboxylic acids is 1. The van der Waals surface area contributed by atoms with Crippen LogP contribution in [0, 0.1) is 0 Å². The van der Waals surface area contributed by atoms with Crippen LogP contribution in [0.1, 0.15) is 35.6 Å². The SMILES string of the molecule is CC1(C)c2cccc(-c3nc(-c4ccccc4)nc(-c4ccc(-c5ccccc5)cc4)n3)c2C(=O)n2c1nc1ccccc12. The van der Waals surface area contributed by atoms with Crippen molar-refractivity contribution in [2.75, 3.05) is 0 Å².